The first-order chi connectivity index (χ1) is 28.3. The lowest BCUT2D eigenvalue weighted by Gasteiger charge is -2.26. The van der Waals surface area contributed by atoms with Crippen molar-refractivity contribution in [1.29, 1.82) is 0 Å². The van der Waals surface area contributed by atoms with Gasteiger partial charge in [0.25, 0.3) is 0 Å². The van der Waals surface area contributed by atoms with Crippen molar-refractivity contribution < 1.29 is 0 Å². The Hall–Kier alpha value is -7.20. The molecular formula is C54H36N2S. The van der Waals surface area contributed by atoms with E-state index in [2.05, 4.69) is 228 Å². The Bertz CT molecular complexity index is 3220. The van der Waals surface area contributed by atoms with Crippen molar-refractivity contribution in [3.8, 4) is 39.1 Å². The molecule has 2 nitrogen and oxygen atoms in total. The smallest absolute Gasteiger partial charge is 0.0561 e. The highest BCUT2D eigenvalue weighted by Gasteiger charge is 2.20. The Morgan fingerprint density at radius 3 is 1.72 bits per heavy atom. The molecule has 2 heterocycles. The minimum Gasteiger partial charge on any atom is -0.310 e. The van der Waals surface area contributed by atoms with E-state index in [4.69, 9.17) is 0 Å². The van der Waals surface area contributed by atoms with Crippen molar-refractivity contribution in [2.75, 3.05) is 4.90 Å². The van der Waals surface area contributed by atoms with Gasteiger partial charge in [-0.2, -0.15) is 0 Å². The van der Waals surface area contributed by atoms with Crippen LogP contribution in [0.2, 0.25) is 0 Å². The van der Waals surface area contributed by atoms with Gasteiger partial charge in [-0.25, -0.2) is 0 Å². The molecule has 2 aromatic heterocycles. The van der Waals surface area contributed by atoms with Gasteiger partial charge in [-0.3, -0.25) is 0 Å². The number of para-hydroxylation sites is 2. The number of hydrogen-bond acceptors (Lipinski definition) is 2. The lowest BCUT2D eigenvalue weighted by Crippen LogP contribution is -2.10. The Morgan fingerprint density at radius 1 is 0.333 bits per heavy atom. The molecule has 9 aromatic carbocycles. The van der Waals surface area contributed by atoms with E-state index in [0.29, 0.717) is 0 Å². The summed E-state index contributed by atoms with van der Waals surface area (Å²) in [6.07, 6.45) is 0. The molecule has 57 heavy (non-hydrogen) atoms. The zero-order valence-corrected chi connectivity index (χ0v) is 31.9. The summed E-state index contributed by atoms with van der Waals surface area (Å²) in [6.45, 7) is 0. The molecule has 0 aliphatic rings. The van der Waals surface area contributed by atoms with Gasteiger partial charge >= 0.3 is 0 Å². The molecule has 0 unspecified atom stereocenters. The van der Waals surface area contributed by atoms with Crippen LogP contribution in [0.4, 0.5) is 17.1 Å². The average molecular weight is 745 g/mol. The molecular weight excluding hydrogens is 709 g/mol. The van der Waals surface area contributed by atoms with E-state index < -0.39 is 0 Å². The van der Waals surface area contributed by atoms with Crippen LogP contribution in [0, 0.1) is 0 Å². The third-order valence-electron chi connectivity index (χ3n) is 11.2. The molecule has 3 heteroatoms. The molecule has 0 aliphatic carbocycles. The van der Waals surface area contributed by atoms with E-state index in [0.717, 1.165) is 28.3 Å². The maximum Gasteiger partial charge on any atom is 0.0561 e. The topological polar surface area (TPSA) is 8.17 Å². The van der Waals surface area contributed by atoms with Gasteiger partial charge in [-0.15, -0.1) is 11.3 Å². The van der Waals surface area contributed by atoms with E-state index in [1.165, 1.54) is 69.8 Å². The minimum atomic E-state index is 1.10. The van der Waals surface area contributed by atoms with Gasteiger partial charge in [0.2, 0.25) is 0 Å². The fourth-order valence-corrected chi connectivity index (χ4v) is 9.79. The largest absolute Gasteiger partial charge is 0.310 e. The van der Waals surface area contributed by atoms with Crippen LogP contribution in [-0.2, 0) is 0 Å². The molecule has 0 amide bonds. The Balaban J connectivity index is 1.11. The molecule has 0 radical (unpaired) electrons. The molecule has 0 atom stereocenters. The number of thiophene rings is 1. The Kier molecular flexibility index (Phi) is 8.04. The summed E-state index contributed by atoms with van der Waals surface area (Å²) in [5.74, 6) is 0. The number of nitrogens with zero attached hydrogens (tertiary/aromatic N) is 2. The van der Waals surface area contributed by atoms with E-state index in [1.807, 2.05) is 11.3 Å². The third-order valence-corrected chi connectivity index (χ3v) is 12.4. The fraction of sp³-hybridized carbons (Fsp3) is 0. The van der Waals surface area contributed by atoms with Gasteiger partial charge in [0.1, 0.15) is 0 Å². The first-order valence-corrected chi connectivity index (χ1v) is 20.2. The average Bonchev–Trinajstić information content (AvgIpc) is 3.83. The highest BCUT2D eigenvalue weighted by Crippen LogP contribution is 2.45. The normalized spacial score (nSPS) is 11.5. The van der Waals surface area contributed by atoms with Crippen LogP contribution in [0.5, 0.6) is 0 Å². The van der Waals surface area contributed by atoms with Gasteiger partial charge in [0.15, 0.2) is 0 Å². The van der Waals surface area contributed by atoms with Crippen molar-refractivity contribution in [3.05, 3.63) is 218 Å². The Labute approximate surface area is 335 Å². The SMILES string of the molecule is c1ccc(-c2ccc(N(c3ccccc3)c3ccc4c5ccccc5n(-c5ccc(-c6cccc7c6sc6ccccc67)c(-c6ccccc6)c5)c4c3)cc2)cc1. The molecule has 0 aliphatic heterocycles. The summed E-state index contributed by atoms with van der Waals surface area (Å²) in [4.78, 5) is 2.36. The second-order valence-electron chi connectivity index (χ2n) is 14.5. The van der Waals surface area contributed by atoms with Crippen LogP contribution in [0.3, 0.4) is 0 Å². The van der Waals surface area contributed by atoms with Crippen LogP contribution in [0.25, 0.3) is 81.0 Å². The van der Waals surface area contributed by atoms with Crippen LogP contribution in [0.15, 0.2) is 218 Å². The number of fused-ring (bicyclic) bond motifs is 6. The molecule has 0 saturated heterocycles. The van der Waals surface area contributed by atoms with E-state index in [1.54, 1.807) is 0 Å². The Morgan fingerprint density at radius 2 is 0.930 bits per heavy atom. The number of aromatic nitrogens is 1. The number of benzene rings is 9. The number of hydrogen-bond donors (Lipinski definition) is 0. The predicted molar refractivity (Wildman–Crippen MR) is 245 cm³/mol. The molecule has 0 fully saturated rings. The van der Waals surface area contributed by atoms with Gasteiger partial charge < -0.3 is 9.47 Å². The van der Waals surface area contributed by atoms with Crippen LogP contribution >= 0.6 is 11.3 Å². The molecule has 268 valence electrons. The van der Waals surface area contributed by atoms with E-state index >= 15 is 0 Å². The number of anilines is 3. The van der Waals surface area contributed by atoms with E-state index in [9.17, 15) is 0 Å². The van der Waals surface area contributed by atoms with Crippen LogP contribution < -0.4 is 4.90 Å². The first-order valence-electron chi connectivity index (χ1n) is 19.4. The van der Waals surface area contributed by atoms with Gasteiger partial charge in [-0.05, 0) is 88.5 Å². The summed E-state index contributed by atoms with van der Waals surface area (Å²) in [7, 11) is 0. The minimum absolute atomic E-state index is 1.10. The zero-order chi connectivity index (χ0) is 37.7. The third kappa shape index (κ3) is 5.71. The maximum absolute atomic E-state index is 2.45. The molecule has 0 bridgehead atoms. The van der Waals surface area contributed by atoms with Gasteiger partial charge in [0.05, 0.1) is 11.0 Å². The lowest BCUT2D eigenvalue weighted by molar-refractivity contribution is 1.18. The summed E-state index contributed by atoms with van der Waals surface area (Å²) in [6, 6.07) is 79.3. The summed E-state index contributed by atoms with van der Waals surface area (Å²) in [5, 5.41) is 5.08. The monoisotopic (exact) mass is 744 g/mol. The van der Waals surface area contributed by atoms with Gasteiger partial charge in [-0.1, -0.05) is 158 Å². The van der Waals surface area contributed by atoms with Crippen LogP contribution in [0.1, 0.15) is 0 Å². The summed E-state index contributed by atoms with van der Waals surface area (Å²) >= 11 is 1.88. The first kappa shape index (κ1) is 33.2. The summed E-state index contributed by atoms with van der Waals surface area (Å²) < 4.78 is 5.09. The van der Waals surface area contributed by atoms with Crippen molar-refractivity contribution >= 4 is 70.4 Å². The standard InChI is InChI=1S/C54H36N2S/c1-4-15-37(16-5-1)38-27-29-41(30-28-38)55(40-19-8-3-9-20-40)43-32-34-46-45-21-10-12-25-51(45)56(52(46)36-43)42-31-33-44(50(35-42)39-17-6-2-7-18-39)48-23-14-24-49-47-22-11-13-26-53(47)57-54(48)49/h1-36H. The molecule has 11 rings (SSSR count). The zero-order valence-electron chi connectivity index (χ0n) is 31.1. The molecule has 0 saturated carbocycles. The quantitative estimate of drug-likeness (QED) is 0.158. The lowest BCUT2D eigenvalue weighted by atomic mass is 9.93. The van der Waals surface area contributed by atoms with Crippen molar-refractivity contribution in [3.63, 3.8) is 0 Å². The summed E-state index contributed by atoms with van der Waals surface area (Å²) in [5.41, 5.74) is 14.1. The van der Waals surface area contributed by atoms with Crippen molar-refractivity contribution in [2.45, 2.75) is 0 Å². The highest BCUT2D eigenvalue weighted by molar-refractivity contribution is 7.26. The van der Waals surface area contributed by atoms with Crippen molar-refractivity contribution in [1.82, 2.24) is 4.57 Å². The highest BCUT2D eigenvalue weighted by atomic mass is 32.1. The molecule has 11 aromatic rings. The predicted octanol–water partition coefficient (Wildman–Crippen LogP) is 15.6. The second kappa shape index (κ2) is 13.8. The van der Waals surface area contributed by atoms with Crippen LogP contribution in [-0.4, -0.2) is 4.57 Å². The molecule has 0 spiro atoms. The number of rotatable bonds is 7. The van der Waals surface area contributed by atoms with Gasteiger partial charge in [0, 0.05) is 59.3 Å². The maximum atomic E-state index is 2.45. The second-order valence-corrected chi connectivity index (χ2v) is 15.6. The van der Waals surface area contributed by atoms with Crippen molar-refractivity contribution in [2.24, 2.45) is 0 Å². The molecule has 0 N–H and O–H groups in total. The van der Waals surface area contributed by atoms with E-state index in [-0.39, 0.29) is 0 Å². The fourth-order valence-electron chi connectivity index (χ4n) is 8.56.